The number of aromatic hydroxyl groups is 1. The lowest BCUT2D eigenvalue weighted by molar-refractivity contribution is 0.103. The van der Waals surface area contributed by atoms with Crippen LogP contribution in [0.5, 0.6) is 5.88 Å². The summed E-state index contributed by atoms with van der Waals surface area (Å²) in [4.78, 5) is 25.6. The average molecular weight is 336 g/mol. The standard InChI is InChI=1S/C20H20N2O3/c1-13-16(12-21)19(24)22(15-10-6-3-7-11-15)20(25)17(13)18(23)14-8-4-2-5-9-14/h2,4-5,8-9,15,25H,3,6-7,10-11H2,1H3. The minimum Gasteiger partial charge on any atom is -0.494 e. The zero-order valence-electron chi connectivity index (χ0n) is 14.2. The van der Waals surface area contributed by atoms with Gasteiger partial charge in [-0.15, -0.1) is 0 Å². The van der Waals surface area contributed by atoms with Gasteiger partial charge >= 0.3 is 0 Å². The monoisotopic (exact) mass is 336 g/mol. The van der Waals surface area contributed by atoms with Gasteiger partial charge in [0.15, 0.2) is 5.78 Å². The van der Waals surface area contributed by atoms with Crippen LogP contribution < -0.4 is 5.56 Å². The Balaban J connectivity index is 2.23. The van der Waals surface area contributed by atoms with Gasteiger partial charge in [-0.3, -0.25) is 14.2 Å². The van der Waals surface area contributed by atoms with Crippen molar-refractivity contribution in [3.8, 4) is 11.9 Å². The number of nitrogens with zero attached hydrogens (tertiary/aromatic N) is 2. The minimum atomic E-state index is -0.506. The molecule has 0 amide bonds. The first-order valence-corrected chi connectivity index (χ1v) is 8.54. The van der Waals surface area contributed by atoms with Crippen molar-refractivity contribution in [3.05, 3.63) is 62.9 Å². The maximum Gasteiger partial charge on any atom is 0.271 e. The topological polar surface area (TPSA) is 83.1 Å². The number of benzene rings is 1. The van der Waals surface area contributed by atoms with Gasteiger partial charge in [0, 0.05) is 11.6 Å². The Morgan fingerprint density at radius 2 is 1.84 bits per heavy atom. The van der Waals surface area contributed by atoms with E-state index in [1.165, 1.54) is 4.57 Å². The largest absolute Gasteiger partial charge is 0.494 e. The third kappa shape index (κ3) is 2.96. The molecule has 0 unspecified atom stereocenters. The highest BCUT2D eigenvalue weighted by molar-refractivity contribution is 6.11. The Hall–Kier alpha value is -2.87. The fourth-order valence-corrected chi connectivity index (χ4v) is 3.61. The predicted molar refractivity (Wildman–Crippen MR) is 93.8 cm³/mol. The van der Waals surface area contributed by atoms with E-state index in [2.05, 4.69) is 0 Å². The molecule has 1 aromatic carbocycles. The van der Waals surface area contributed by atoms with Crippen LogP contribution in [-0.2, 0) is 0 Å². The predicted octanol–water partition coefficient (Wildman–Crippen LogP) is 3.47. The first-order chi connectivity index (χ1) is 12.1. The smallest absolute Gasteiger partial charge is 0.271 e. The molecule has 1 N–H and O–H groups in total. The van der Waals surface area contributed by atoms with E-state index < -0.39 is 5.56 Å². The molecule has 1 fully saturated rings. The van der Waals surface area contributed by atoms with Crippen LogP contribution in [-0.4, -0.2) is 15.5 Å². The molecule has 0 radical (unpaired) electrons. The van der Waals surface area contributed by atoms with E-state index in [-0.39, 0.29) is 34.4 Å². The van der Waals surface area contributed by atoms with E-state index in [4.69, 9.17) is 0 Å². The fourth-order valence-electron chi connectivity index (χ4n) is 3.61. The molecule has 0 saturated heterocycles. The molecule has 1 aromatic heterocycles. The number of carbonyl (C=O) groups is 1. The number of rotatable bonds is 3. The normalized spacial score (nSPS) is 14.9. The summed E-state index contributed by atoms with van der Waals surface area (Å²) in [6.07, 6.45) is 4.56. The Morgan fingerprint density at radius 1 is 1.20 bits per heavy atom. The van der Waals surface area contributed by atoms with Crippen LogP contribution in [0.3, 0.4) is 0 Å². The highest BCUT2D eigenvalue weighted by Crippen LogP contribution is 2.33. The molecule has 1 saturated carbocycles. The molecular formula is C20H20N2O3. The zero-order chi connectivity index (χ0) is 18.0. The van der Waals surface area contributed by atoms with Crippen molar-refractivity contribution in [3.63, 3.8) is 0 Å². The van der Waals surface area contributed by atoms with Crippen molar-refractivity contribution in [1.29, 1.82) is 5.26 Å². The number of hydrogen-bond donors (Lipinski definition) is 1. The Labute approximate surface area is 146 Å². The highest BCUT2D eigenvalue weighted by Gasteiger charge is 2.28. The van der Waals surface area contributed by atoms with Crippen LogP contribution in [0.4, 0.5) is 0 Å². The fraction of sp³-hybridized carbons (Fsp3) is 0.350. The van der Waals surface area contributed by atoms with Gasteiger partial charge < -0.3 is 5.11 Å². The quantitative estimate of drug-likeness (QED) is 0.870. The first-order valence-electron chi connectivity index (χ1n) is 8.54. The van der Waals surface area contributed by atoms with Gasteiger partial charge in [0.05, 0.1) is 5.56 Å². The number of nitriles is 1. The summed E-state index contributed by atoms with van der Waals surface area (Å²) < 4.78 is 1.26. The van der Waals surface area contributed by atoms with Crippen molar-refractivity contribution in [2.75, 3.05) is 0 Å². The van der Waals surface area contributed by atoms with Gasteiger partial charge in [0.25, 0.3) is 5.56 Å². The van der Waals surface area contributed by atoms with E-state index in [1.54, 1.807) is 37.3 Å². The molecule has 5 heteroatoms. The van der Waals surface area contributed by atoms with Gasteiger partial charge in [-0.25, -0.2) is 0 Å². The molecule has 0 aliphatic heterocycles. The number of pyridine rings is 1. The molecular weight excluding hydrogens is 316 g/mol. The van der Waals surface area contributed by atoms with E-state index >= 15 is 0 Å². The van der Waals surface area contributed by atoms with Crippen molar-refractivity contribution in [1.82, 2.24) is 4.57 Å². The van der Waals surface area contributed by atoms with Gasteiger partial charge in [0.1, 0.15) is 11.6 Å². The number of carbonyl (C=O) groups excluding carboxylic acids is 1. The Kier molecular flexibility index (Phi) is 4.71. The molecule has 0 atom stereocenters. The molecule has 128 valence electrons. The van der Waals surface area contributed by atoms with Crippen LogP contribution in [0, 0.1) is 18.3 Å². The minimum absolute atomic E-state index is 0.0490. The molecule has 25 heavy (non-hydrogen) atoms. The Morgan fingerprint density at radius 3 is 2.44 bits per heavy atom. The third-order valence-corrected chi connectivity index (χ3v) is 4.95. The second-order valence-electron chi connectivity index (χ2n) is 6.47. The van der Waals surface area contributed by atoms with Gasteiger partial charge in [-0.05, 0) is 25.3 Å². The van der Waals surface area contributed by atoms with Crippen LogP contribution >= 0.6 is 0 Å². The Bertz CT molecular complexity index is 901. The molecule has 5 nitrogen and oxygen atoms in total. The van der Waals surface area contributed by atoms with Crippen molar-refractivity contribution in [2.45, 2.75) is 45.1 Å². The maximum atomic E-state index is 12.9. The summed E-state index contributed by atoms with van der Waals surface area (Å²) in [6, 6.07) is 10.3. The average Bonchev–Trinajstić information content (AvgIpc) is 2.63. The van der Waals surface area contributed by atoms with Gasteiger partial charge in [-0.2, -0.15) is 5.26 Å². The van der Waals surface area contributed by atoms with E-state index in [0.29, 0.717) is 5.56 Å². The van der Waals surface area contributed by atoms with Crippen LogP contribution in [0.25, 0.3) is 0 Å². The maximum absolute atomic E-state index is 12.9. The van der Waals surface area contributed by atoms with Crippen LogP contribution in [0.1, 0.15) is 65.2 Å². The van der Waals surface area contributed by atoms with Crippen molar-refractivity contribution < 1.29 is 9.90 Å². The summed E-state index contributed by atoms with van der Waals surface area (Å²) in [5, 5.41) is 20.2. The summed E-state index contributed by atoms with van der Waals surface area (Å²) in [5.74, 6) is -0.695. The SMILES string of the molecule is Cc1c(C(=O)c2ccccc2)c(O)n(C2CCCCC2)c(=O)c1C#N. The van der Waals surface area contributed by atoms with Crippen molar-refractivity contribution in [2.24, 2.45) is 0 Å². The third-order valence-electron chi connectivity index (χ3n) is 4.95. The summed E-state index contributed by atoms with van der Waals surface area (Å²) in [6.45, 7) is 1.54. The van der Waals surface area contributed by atoms with Crippen LogP contribution in [0.2, 0.25) is 0 Å². The lowest BCUT2D eigenvalue weighted by atomic mass is 9.93. The molecule has 1 aliphatic carbocycles. The lowest BCUT2D eigenvalue weighted by Crippen LogP contribution is -2.31. The summed E-state index contributed by atoms with van der Waals surface area (Å²) in [7, 11) is 0. The highest BCUT2D eigenvalue weighted by atomic mass is 16.3. The molecule has 1 aliphatic rings. The second-order valence-corrected chi connectivity index (χ2v) is 6.47. The molecule has 0 bridgehead atoms. The van der Waals surface area contributed by atoms with Crippen LogP contribution in [0.15, 0.2) is 35.1 Å². The molecule has 3 rings (SSSR count). The van der Waals surface area contributed by atoms with E-state index in [1.807, 2.05) is 6.07 Å². The number of ketones is 1. The van der Waals surface area contributed by atoms with E-state index in [0.717, 1.165) is 32.1 Å². The first kappa shape index (κ1) is 17.0. The number of aromatic nitrogens is 1. The summed E-state index contributed by atoms with van der Waals surface area (Å²) >= 11 is 0. The zero-order valence-corrected chi connectivity index (χ0v) is 14.2. The molecule has 1 heterocycles. The molecule has 2 aromatic rings. The van der Waals surface area contributed by atoms with Crippen molar-refractivity contribution >= 4 is 5.78 Å². The molecule has 0 spiro atoms. The lowest BCUT2D eigenvalue weighted by Gasteiger charge is -2.26. The summed E-state index contributed by atoms with van der Waals surface area (Å²) in [5.41, 5.74) is 0.133. The second kappa shape index (κ2) is 6.94. The van der Waals surface area contributed by atoms with Gasteiger partial charge in [0.2, 0.25) is 5.88 Å². The number of hydrogen-bond acceptors (Lipinski definition) is 4. The van der Waals surface area contributed by atoms with E-state index in [9.17, 15) is 20.0 Å². The van der Waals surface area contributed by atoms with Gasteiger partial charge in [-0.1, -0.05) is 49.6 Å².